The molecule has 9 heteroatoms. The molecule has 3 rings (SSSR count). The number of esters is 1. The van der Waals surface area contributed by atoms with Crippen molar-refractivity contribution in [2.75, 3.05) is 13.2 Å². The van der Waals surface area contributed by atoms with Crippen molar-refractivity contribution in [2.24, 2.45) is 0 Å². The molecule has 0 bridgehead atoms. The first kappa shape index (κ1) is 25.6. The van der Waals surface area contributed by atoms with Gasteiger partial charge in [0.25, 0.3) is 11.1 Å². The van der Waals surface area contributed by atoms with Gasteiger partial charge in [-0.2, -0.15) is 0 Å². The average molecular weight is 504 g/mol. The van der Waals surface area contributed by atoms with Crippen LogP contribution < -0.4 is 9.47 Å². The van der Waals surface area contributed by atoms with Gasteiger partial charge in [0.2, 0.25) is 0 Å². The third-order valence-electron chi connectivity index (χ3n) is 4.94. The molecule has 1 heterocycles. The number of rotatable bonds is 10. The van der Waals surface area contributed by atoms with Gasteiger partial charge in [0.1, 0.15) is 13.2 Å². The van der Waals surface area contributed by atoms with Crippen LogP contribution in [0.3, 0.4) is 0 Å². The van der Waals surface area contributed by atoms with Gasteiger partial charge in [-0.25, -0.2) is 0 Å². The van der Waals surface area contributed by atoms with E-state index in [0.717, 1.165) is 22.2 Å². The van der Waals surface area contributed by atoms with Gasteiger partial charge in [0, 0.05) is 5.02 Å². The van der Waals surface area contributed by atoms with Gasteiger partial charge in [-0.15, -0.1) is 0 Å². The molecule has 2 aromatic rings. The Morgan fingerprint density at radius 1 is 1.09 bits per heavy atom. The lowest BCUT2D eigenvalue weighted by molar-refractivity contribution is -0.150. The summed E-state index contributed by atoms with van der Waals surface area (Å²) in [6.45, 7) is 5.85. The van der Waals surface area contributed by atoms with Gasteiger partial charge >= 0.3 is 5.97 Å². The molecule has 1 saturated heterocycles. The van der Waals surface area contributed by atoms with E-state index < -0.39 is 23.7 Å². The second-order valence-electron chi connectivity index (χ2n) is 7.53. The van der Waals surface area contributed by atoms with E-state index in [1.165, 1.54) is 0 Å². The first-order valence-corrected chi connectivity index (χ1v) is 12.1. The molecule has 0 aliphatic carbocycles. The molecule has 1 fully saturated rings. The molecule has 180 valence electrons. The van der Waals surface area contributed by atoms with Crippen molar-refractivity contribution in [1.29, 1.82) is 0 Å². The van der Waals surface area contributed by atoms with Crippen molar-refractivity contribution in [2.45, 2.75) is 39.9 Å². The normalized spacial score (nSPS) is 15.5. The Balaban J connectivity index is 1.72. The third-order valence-corrected chi connectivity index (χ3v) is 6.10. The Kier molecular flexibility index (Phi) is 9.01. The maximum atomic E-state index is 12.7. The molecular formula is C25H26ClNO6S. The zero-order valence-corrected chi connectivity index (χ0v) is 20.8. The summed E-state index contributed by atoms with van der Waals surface area (Å²) in [6.07, 6.45) is 1.96. The summed E-state index contributed by atoms with van der Waals surface area (Å²) in [5, 5.41) is 0.144. The molecule has 0 radical (unpaired) electrons. The zero-order valence-electron chi connectivity index (χ0n) is 19.2. The maximum Gasteiger partial charge on any atom is 0.326 e. The molecule has 7 nitrogen and oxygen atoms in total. The molecule has 0 aromatic heterocycles. The van der Waals surface area contributed by atoms with Crippen molar-refractivity contribution < 1.29 is 28.6 Å². The molecule has 1 atom stereocenters. The van der Waals surface area contributed by atoms with Crippen LogP contribution in [-0.4, -0.2) is 41.3 Å². The molecular weight excluding hydrogens is 478 g/mol. The predicted molar refractivity (Wildman–Crippen MR) is 132 cm³/mol. The lowest BCUT2D eigenvalue weighted by Crippen LogP contribution is -2.35. The SMILES string of the molecule is CCOc1cc(/C=C2/SC(=O)N(CC(=O)O[C@H](C)CC)C2=O)ccc1OCc1ccc(Cl)cc1. The first-order chi connectivity index (χ1) is 16.3. The average Bonchev–Trinajstić information content (AvgIpc) is 3.07. The maximum absolute atomic E-state index is 12.7. The quantitative estimate of drug-likeness (QED) is 0.304. The van der Waals surface area contributed by atoms with Crippen LogP contribution in [0.5, 0.6) is 11.5 Å². The van der Waals surface area contributed by atoms with Crippen LogP contribution >= 0.6 is 23.4 Å². The van der Waals surface area contributed by atoms with Crippen LogP contribution in [0.25, 0.3) is 6.08 Å². The fourth-order valence-electron chi connectivity index (χ4n) is 3.01. The molecule has 1 aliphatic heterocycles. The Labute approximate surface area is 208 Å². The number of ether oxygens (including phenoxy) is 3. The van der Waals surface area contributed by atoms with Crippen LogP contribution in [0.4, 0.5) is 4.79 Å². The van der Waals surface area contributed by atoms with Crippen LogP contribution in [-0.2, 0) is 20.9 Å². The highest BCUT2D eigenvalue weighted by Crippen LogP contribution is 2.35. The van der Waals surface area contributed by atoms with Crippen molar-refractivity contribution in [3.05, 3.63) is 63.5 Å². The largest absolute Gasteiger partial charge is 0.490 e. The summed E-state index contributed by atoms with van der Waals surface area (Å²) in [6, 6.07) is 12.6. The lowest BCUT2D eigenvalue weighted by Gasteiger charge is -2.15. The lowest BCUT2D eigenvalue weighted by atomic mass is 10.1. The van der Waals surface area contributed by atoms with Crippen LogP contribution in [0.1, 0.15) is 38.3 Å². The van der Waals surface area contributed by atoms with E-state index in [-0.39, 0.29) is 11.0 Å². The van der Waals surface area contributed by atoms with Gasteiger partial charge < -0.3 is 14.2 Å². The highest BCUT2D eigenvalue weighted by Gasteiger charge is 2.36. The number of benzene rings is 2. The summed E-state index contributed by atoms with van der Waals surface area (Å²) >= 11 is 6.71. The zero-order chi connectivity index (χ0) is 24.7. The summed E-state index contributed by atoms with van der Waals surface area (Å²) in [5.74, 6) is -0.0766. The highest BCUT2D eigenvalue weighted by molar-refractivity contribution is 8.18. The van der Waals surface area contributed by atoms with Gasteiger partial charge in [0.15, 0.2) is 11.5 Å². The minimum atomic E-state index is -0.612. The van der Waals surface area contributed by atoms with Crippen LogP contribution in [0.15, 0.2) is 47.4 Å². The number of amides is 2. The molecule has 1 aliphatic rings. The van der Waals surface area contributed by atoms with E-state index in [1.807, 2.05) is 26.0 Å². The molecule has 0 spiro atoms. The number of hydrogen-bond donors (Lipinski definition) is 0. The predicted octanol–water partition coefficient (Wildman–Crippen LogP) is 5.70. The Bertz CT molecular complexity index is 1090. The van der Waals surface area contributed by atoms with E-state index >= 15 is 0 Å². The number of imide groups is 1. The molecule has 0 unspecified atom stereocenters. The fourth-order valence-corrected chi connectivity index (χ4v) is 3.97. The second-order valence-corrected chi connectivity index (χ2v) is 8.96. The van der Waals surface area contributed by atoms with Crippen molar-refractivity contribution in [3.8, 4) is 11.5 Å². The van der Waals surface area contributed by atoms with E-state index in [2.05, 4.69) is 0 Å². The third kappa shape index (κ3) is 6.77. The first-order valence-electron chi connectivity index (χ1n) is 10.9. The van der Waals surface area contributed by atoms with E-state index in [4.69, 9.17) is 25.8 Å². The highest BCUT2D eigenvalue weighted by atomic mass is 35.5. The summed E-state index contributed by atoms with van der Waals surface area (Å²) in [7, 11) is 0. The number of carbonyl (C=O) groups excluding carboxylic acids is 3. The number of halogens is 1. The Hall–Kier alpha value is -2.97. The molecule has 0 N–H and O–H groups in total. The van der Waals surface area contributed by atoms with Gasteiger partial charge in [0.05, 0.1) is 17.6 Å². The Morgan fingerprint density at radius 3 is 2.50 bits per heavy atom. The van der Waals surface area contributed by atoms with E-state index in [1.54, 1.807) is 43.3 Å². The monoisotopic (exact) mass is 503 g/mol. The molecule has 2 amide bonds. The van der Waals surface area contributed by atoms with E-state index in [9.17, 15) is 14.4 Å². The van der Waals surface area contributed by atoms with Gasteiger partial charge in [-0.05, 0) is 73.5 Å². The fraction of sp³-hybridized carbons (Fsp3) is 0.320. The second kappa shape index (κ2) is 11.9. The van der Waals surface area contributed by atoms with Gasteiger partial charge in [-0.1, -0.05) is 36.7 Å². The summed E-state index contributed by atoms with van der Waals surface area (Å²) < 4.78 is 16.8. The number of nitrogens with zero attached hydrogens (tertiary/aromatic N) is 1. The molecule has 34 heavy (non-hydrogen) atoms. The van der Waals surface area contributed by atoms with Crippen LogP contribution in [0.2, 0.25) is 5.02 Å². The van der Waals surface area contributed by atoms with E-state index in [0.29, 0.717) is 41.7 Å². The Morgan fingerprint density at radius 2 is 1.82 bits per heavy atom. The standard InChI is InChI=1S/C25H26ClNO6S/c1-4-16(3)33-23(28)14-27-24(29)22(34-25(27)30)13-18-8-11-20(21(12-18)31-5-2)32-15-17-6-9-19(26)10-7-17/h6-13,16H,4-5,14-15H2,1-3H3/b22-13+/t16-/m1/s1. The van der Waals surface area contributed by atoms with Crippen molar-refractivity contribution in [1.82, 2.24) is 4.90 Å². The number of carbonyl (C=O) groups is 3. The van der Waals surface area contributed by atoms with Crippen LogP contribution in [0, 0.1) is 0 Å². The molecule has 0 saturated carbocycles. The summed E-state index contributed by atoms with van der Waals surface area (Å²) in [5.41, 5.74) is 1.62. The number of thioether (sulfide) groups is 1. The minimum absolute atomic E-state index is 0.221. The smallest absolute Gasteiger partial charge is 0.326 e. The van der Waals surface area contributed by atoms with Crippen molar-refractivity contribution in [3.63, 3.8) is 0 Å². The minimum Gasteiger partial charge on any atom is -0.490 e. The van der Waals surface area contributed by atoms with Gasteiger partial charge in [-0.3, -0.25) is 19.3 Å². The number of hydrogen-bond acceptors (Lipinski definition) is 7. The summed E-state index contributed by atoms with van der Waals surface area (Å²) in [4.78, 5) is 38.2. The topological polar surface area (TPSA) is 82.1 Å². The van der Waals surface area contributed by atoms with Crippen molar-refractivity contribution >= 4 is 46.6 Å². The molecule has 2 aromatic carbocycles.